The van der Waals surface area contributed by atoms with E-state index in [2.05, 4.69) is 5.32 Å². The van der Waals surface area contributed by atoms with E-state index >= 15 is 0 Å². The lowest BCUT2D eigenvalue weighted by Gasteiger charge is -2.23. The number of likely N-dealkylation sites (N-methyl/N-ethyl adjacent to an activating group) is 1. The Bertz CT molecular complexity index is 516. The van der Waals surface area contributed by atoms with E-state index in [4.69, 9.17) is 0 Å². The number of sulfonamides is 1. The van der Waals surface area contributed by atoms with E-state index in [-0.39, 0.29) is 17.6 Å². The average molecular weight is 286 g/mol. The minimum Gasteiger partial charge on any atom is -0.318 e. The molecule has 0 aliphatic carbocycles. The summed E-state index contributed by atoms with van der Waals surface area (Å²) in [7, 11) is -1.50. The van der Waals surface area contributed by atoms with Crippen LogP contribution >= 0.6 is 0 Å². The summed E-state index contributed by atoms with van der Waals surface area (Å²) in [6.45, 7) is 1.25. The molecule has 0 saturated carbocycles. The molecule has 1 aliphatic heterocycles. The first-order valence-corrected chi connectivity index (χ1v) is 8.02. The largest absolute Gasteiger partial charge is 0.318 e. The fraction of sp³-hybridized carbons (Fsp3) is 0.538. The molecule has 1 saturated heterocycles. The van der Waals surface area contributed by atoms with E-state index in [9.17, 15) is 12.8 Å². The van der Waals surface area contributed by atoms with Crippen LogP contribution < -0.4 is 5.32 Å². The molecule has 6 heteroatoms. The van der Waals surface area contributed by atoms with Crippen molar-refractivity contribution in [2.45, 2.75) is 24.6 Å². The molecule has 1 fully saturated rings. The van der Waals surface area contributed by atoms with E-state index in [0.717, 1.165) is 12.8 Å². The lowest BCUT2D eigenvalue weighted by Crippen LogP contribution is -2.41. The van der Waals surface area contributed by atoms with Crippen LogP contribution in [0.25, 0.3) is 0 Å². The van der Waals surface area contributed by atoms with Crippen LogP contribution in [0.15, 0.2) is 24.3 Å². The summed E-state index contributed by atoms with van der Waals surface area (Å²) in [4.78, 5) is 0. The number of nitrogens with one attached hydrogen (secondary N) is 1. The number of rotatable bonds is 5. The lowest BCUT2D eigenvalue weighted by atomic mass is 10.2. The monoisotopic (exact) mass is 286 g/mol. The van der Waals surface area contributed by atoms with Crippen molar-refractivity contribution in [3.05, 3.63) is 35.6 Å². The van der Waals surface area contributed by atoms with Crippen LogP contribution in [0.2, 0.25) is 0 Å². The Labute approximate surface area is 113 Å². The molecule has 106 valence electrons. The van der Waals surface area contributed by atoms with Crippen molar-refractivity contribution in [2.75, 3.05) is 20.1 Å². The number of halogens is 1. The lowest BCUT2D eigenvalue weighted by molar-refractivity contribution is 0.378. The van der Waals surface area contributed by atoms with Crippen LogP contribution in [-0.4, -0.2) is 38.9 Å². The van der Waals surface area contributed by atoms with Gasteiger partial charge in [0.2, 0.25) is 10.0 Å². The first-order chi connectivity index (χ1) is 9.03. The molecule has 0 amide bonds. The van der Waals surface area contributed by atoms with Crippen LogP contribution in [0.5, 0.6) is 0 Å². The minimum atomic E-state index is -3.33. The van der Waals surface area contributed by atoms with Crippen molar-refractivity contribution in [2.24, 2.45) is 0 Å². The molecule has 1 heterocycles. The highest BCUT2D eigenvalue weighted by atomic mass is 32.2. The average Bonchev–Trinajstić information content (AvgIpc) is 2.81. The van der Waals surface area contributed by atoms with Crippen molar-refractivity contribution in [3.63, 3.8) is 0 Å². The second-order valence-corrected chi connectivity index (χ2v) is 6.77. The highest BCUT2D eigenvalue weighted by molar-refractivity contribution is 7.88. The Morgan fingerprint density at radius 1 is 1.37 bits per heavy atom. The number of benzene rings is 1. The molecule has 0 radical (unpaired) electrons. The molecular formula is C13H19FN2O2S. The fourth-order valence-corrected chi connectivity index (χ4v) is 4.31. The Morgan fingerprint density at radius 3 is 2.68 bits per heavy atom. The third kappa shape index (κ3) is 3.52. The third-order valence-corrected chi connectivity index (χ3v) is 5.28. The molecule has 4 nitrogen and oxygen atoms in total. The summed E-state index contributed by atoms with van der Waals surface area (Å²) in [6, 6.07) is 5.67. The zero-order valence-electron chi connectivity index (χ0n) is 11.0. The fourth-order valence-electron chi connectivity index (χ4n) is 2.49. The Hall–Kier alpha value is -0.980. The molecule has 1 N–H and O–H groups in total. The van der Waals surface area contributed by atoms with Crippen LogP contribution in [0.3, 0.4) is 0 Å². The number of hydrogen-bond acceptors (Lipinski definition) is 3. The van der Waals surface area contributed by atoms with Gasteiger partial charge in [-0.3, -0.25) is 0 Å². The molecule has 0 spiro atoms. The topological polar surface area (TPSA) is 49.4 Å². The van der Waals surface area contributed by atoms with Crippen LogP contribution in [-0.2, 0) is 15.8 Å². The maximum absolute atomic E-state index is 12.8. The molecule has 0 aromatic heterocycles. The van der Waals surface area contributed by atoms with Gasteiger partial charge in [-0.2, -0.15) is 4.31 Å². The maximum atomic E-state index is 12.8. The van der Waals surface area contributed by atoms with Crippen LogP contribution in [0.1, 0.15) is 18.4 Å². The Balaban J connectivity index is 2.11. The van der Waals surface area contributed by atoms with Crippen molar-refractivity contribution < 1.29 is 12.8 Å². The summed E-state index contributed by atoms with van der Waals surface area (Å²) in [5, 5.41) is 3.03. The summed E-state index contributed by atoms with van der Waals surface area (Å²) in [6.07, 6.45) is 1.79. The van der Waals surface area contributed by atoms with Gasteiger partial charge in [-0.25, -0.2) is 12.8 Å². The van der Waals surface area contributed by atoms with Crippen molar-refractivity contribution in [1.82, 2.24) is 9.62 Å². The van der Waals surface area contributed by atoms with Gasteiger partial charge in [0.25, 0.3) is 0 Å². The van der Waals surface area contributed by atoms with Gasteiger partial charge in [-0.1, -0.05) is 12.1 Å². The molecule has 1 atom stereocenters. The summed E-state index contributed by atoms with van der Waals surface area (Å²) < 4.78 is 39.1. The standard InChI is InChI=1S/C13H19FN2O2S/c1-15-9-13-3-2-8-16(13)19(17,18)10-11-4-6-12(14)7-5-11/h4-7,13,15H,2-3,8-10H2,1H3. The predicted octanol–water partition coefficient (Wildman–Crippen LogP) is 1.34. The summed E-state index contributed by atoms with van der Waals surface area (Å²) in [5.41, 5.74) is 0.622. The first-order valence-electron chi connectivity index (χ1n) is 6.41. The molecule has 1 unspecified atom stereocenters. The van der Waals surface area contributed by atoms with Gasteiger partial charge in [0, 0.05) is 19.1 Å². The van der Waals surface area contributed by atoms with E-state index in [1.807, 2.05) is 7.05 Å². The molecule has 1 aromatic carbocycles. The summed E-state index contributed by atoms with van der Waals surface area (Å²) >= 11 is 0. The van der Waals surface area contributed by atoms with E-state index < -0.39 is 10.0 Å². The van der Waals surface area contributed by atoms with Gasteiger partial charge >= 0.3 is 0 Å². The second-order valence-electron chi connectivity index (χ2n) is 4.85. The minimum absolute atomic E-state index is 0.0375. The smallest absolute Gasteiger partial charge is 0.218 e. The van der Waals surface area contributed by atoms with Crippen LogP contribution in [0.4, 0.5) is 4.39 Å². The van der Waals surface area contributed by atoms with E-state index in [1.165, 1.54) is 24.3 Å². The van der Waals surface area contributed by atoms with E-state index in [1.54, 1.807) is 4.31 Å². The molecule has 1 aromatic rings. The van der Waals surface area contributed by atoms with Gasteiger partial charge in [0.1, 0.15) is 5.82 Å². The van der Waals surface area contributed by atoms with Crippen molar-refractivity contribution in [1.29, 1.82) is 0 Å². The van der Waals surface area contributed by atoms with Gasteiger partial charge in [0.15, 0.2) is 0 Å². The summed E-state index contributed by atoms with van der Waals surface area (Å²) in [5.74, 6) is -0.414. The maximum Gasteiger partial charge on any atom is 0.218 e. The van der Waals surface area contributed by atoms with Crippen molar-refractivity contribution >= 4 is 10.0 Å². The van der Waals surface area contributed by atoms with Crippen LogP contribution in [0, 0.1) is 5.82 Å². The molecule has 2 rings (SSSR count). The normalized spacial score (nSPS) is 20.8. The Morgan fingerprint density at radius 2 is 2.05 bits per heavy atom. The molecule has 1 aliphatic rings. The first kappa shape index (κ1) is 14.4. The van der Waals surface area contributed by atoms with Gasteiger partial charge in [0.05, 0.1) is 5.75 Å². The third-order valence-electron chi connectivity index (χ3n) is 3.38. The Kier molecular flexibility index (Phi) is 4.54. The highest BCUT2D eigenvalue weighted by Gasteiger charge is 2.33. The zero-order chi connectivity index (χ0) is 13.9. The van der Waals surface area contributed by atoms with Gasteiger partial charge in [-0.05, 0) is 37.6 Å². The molecule has 0 bridgehead atoms. The zero-order valence-corrected chi connectivity index (χ0v) is 11.8. The number of hydrogen-bond donors (Lipinski definition) is 1. The SMILES string of the molecule is CNCC1CCCN1S(=O)(=O)Cc1ccc(F)cc1. The van der Waals surface area contributed by atoms with E-state index in [0.29, 0.717) is 18.7 Å². The second kappa shape index (κ2) is 5.98. The van der Waals surface area contributed by atoms with Crippen molar-refractivity contribution in [3.8, 4) is 0 Å². The molecule has 19 heavy (non-hydrogen) atoms. The van der Waals surface area contributed by atoms with Gasteiger partial charge in [-0.15, -0.1) is 0 Å². The highest BCUT2D eigenvalue weighted by Crippen LogP contribution is 2.23. The number of nitrogens with zero attached hydrogens (tertiary/aromatic N) is 1. The molecular weight excluding hydrogens is 267 g/mol. The quantitative estimate of drug-likeness (QED) is 0.888. The predicted molar refractivity (Wildman–Crippen MR) is 72.7 cm³/mol. The van der Waals surface area contributed by atoms with Gasteiger partial charge < -0.3 is 5.32 Å².